The first kappa shape index (κ1) is 29.3. The lowest BCUT2D eigenvalue weighted by Crippen LogP contribution is -2.50. The Morgan fingerprint density at radius 2 is 1.77 bits per heavy atom. The SMILES string of the molecule is O=C(O)CC(CNC(=O)C1CCNCC1)NC(=O)C1CCN(C(=O)C=Cc2cc3ccsc3c(Cl)c2Cl)CC1. The average molecular weight is 596 g/mol. The van der Waals surface area contributed by atoms with E-state index in [1.165, 1.54) is 17.4 Å². The molecule has 0 bridgehead atoms. The van der Waals surface area contributed by atoms with Crippen molar-refractivity contribution in [3.8, 4) is 0 Å². The maximum atomic E-state index is 12.9. The van der Waals surface area contributed by atoms with Gasteiger partial charge in [0.05, 0.1) is 27.2 Å². The van der Waals surface area contributed by atoms with E-state index in [1.54, 1.807) is 11.0 Å². The smallest absolute Gasteiger partial charge is 0.305 e. The summed E-state index contributed by atoms with van der Waals surface area (Å²) in [6, 6.07) is 3.13. The quantitative estimate of drug-likeness (QED) is 0.329. The zero-order valence-corrected chi connectivity index (χ0v) is 23.7. The Kier molecular flexibility index (Phi) is 10.2. The van der Waals surface area contributed by atoms with Crippen molar-refractivity contribution >= 4 is 74.4 Å². The third-order valence-electron chi connectivity index (χ3n) is 7.24. The van der Waals surface area contributed by atoms with Crippen LogP contribution in [-0.4, -0.2) is 72.5 Å². The van der Waals surface area contributed by atoms with E-state index in [0.717, 1.165) is 36.0 Å². The van der Waals surface area contributed by atoms with Crippen molar-refractivity contribution in [2.24, 2.45) is 11.8 Å². The van der Waals surface area contributed by atoms with Crippen molar-refractivity contribution in [3.05, 3.63) is 39.2 Å². The van der Waals surface area contributed by atoms with E-state index in [1.807, 2.05) is 17.5 Å². The molecule has 39 heavy (non-hydrogen) atoms. The largest absolute Gasteiger partial charge is 0.481 e. The van der Waals surface area contributed by atoms with Crippen LogP contribution < -0.4 is 16.0 Å². The lowest BCUT2D eigenvalue weighted by molar-refractivity contribution is -0.138. The predicted octanol–water partition coefficient (Wildman–Crippen LogP) is 3.54. The number of carboxylic acids is 1. The monoisotopic (exact) mass is 594 g/mol. The van der Waals surface area contributed by atoms with Crippen LogP contribution in [0, 0.1) is 11.8 Å². The molecule has 210 valence electrons. The molecule has 0 radical (unpaired) electrons. The maximum Gasteiger partial charge on any atom is 0.305 e. The lowest BCUT2D eigenvalue weighted by Gasteiger charge is -2.31. The summed E-state index contributed by atoms with van der Waals surface area (Å²) in [5.41, 5.74) is 0.659. The molecule has 1 aromatic heterocycles. The highest BCUT2D eigenvalue weighted by atomic mass is 35.5. The van der Waals surface area contributed by atoms with Gasteiger partial charge in [0.1, 0.15) is 0 Å². The highest BCUT2D eigenvalue weighted by molar-refractivity contribution is 7.18. The van der Waals surface area contributed by atoms with Crippen molar-refractivity contribution in [3.63, 3.8) is 0 Å². The summed E-state index contributed by atoms with van der Waals surface area (Å²) in [7, 11) is 0. The lowest BCUT2D eigenvalue weighted by atomic mass is 9.95. The minimum absolute atomic E-state index is 0.0622. The van der Waals surface area contributed by atoms with Gasteiger partial charge in [0.15, 0.2) is 0 Å². The summed E-state index contributed by atoms with van der Waals surface area (Å²) in [6.07, 6.45) is 5.22. The number of fused-ring (bicyclic) bond motifs is 1. The van der Waals surface area contributed by atoms with Crippen LogP contribution in [0.15, 0.2) is 23.6 Å². The number of nitrogens with zero attached hydrogens (tertiary/aromatic N) is 1. The van der Waals surface area contributed by atoms with Crippen LogP contribution in [0.1, 0.15) is 37.7 Å². The van der Waals surface area contributed by atoms with Gasteiger partial charge in [-0.15, -0.1) is 11.3 Å². The van der Waals surface area contributed by atoms with E-state index in [2.05, 4.69) is 16.0 Å². The standard InChI is InChI=1S/C27H32Cl2N4O5S/c28-23-18(13-19-7-12-39-25(19)24(23)29)1-2-21(34)33-10-5-17(6-11-33)27(38)32-20(14-22(35)36)15-31-26(37)16-3-8-30-9-4-16/h1-2,7,12-13,16-17,20,30H,3-6,8-11,14-15H2,(H,31,37)(H,32,38)(H,35,36). The molecule has 4 rings (SSSR count). The zero-order chi connectivity index (χ0) is 27.9. The molecule has 1 aromatic carbocycles. The molecule has 0 aliphatic carbocycles. The number of piperidine rings is 2. The van der Waals surface area contributed by atoms with Crippen molar-refractivity contribution in [2.75, 3.05) is 32.7 Å². The second-order valence-electron chi connectivity index (χ2n) is 9.94. The number of halogens is 2. The van der Waals surface area contributed by atoms with Crippen LogP contribution in [0.2, 0.25) is 10.0 Å². The Morgan fingerprint density at radius 3 is 2.46 bits per heavy atom. The number of amides is 3. The normalized spacial score (nSPS) is 17.8. The Morgan fingerprint density at radius 1 is 1.08 bits per heavy atom. The van der Waals surface area contributed by atoms with E-state index in [0.29, 0.717) is 41.5 Å². The molecule has 3 amide bonds. The number of carboxylic acid groups (broad SMARTS) is 1. The van der Waals surface area contributed by atoms with Crippen LogP contribution in [0.25, 0.3) is 16.2 Å². The number of thiophene rings is 1. The van der Waals surface area contributed by atoms with Gasteiger partial charge in [-0.05, 0) is 73.3 Å². The van der Waals surface area contributed by atoms with Crippen molar-refractivity contribution < 1.29 is 24.3 Å². The molecule has 2 aliphatic rings. The van der Waals surface area contributed by atoms with Gasteiger partial charge in [0.25, 0.3) is 0 Å². The van der Waals surface area contributed by atoms with Gasteiger partial charge in [-0.3, -0.25) is 19.2 Å². The molecule has 1 unspecified atom stereocenters. The topological polar surface area (TPSA) is 128 Å². The molecule has 3 heterocycles. The van der Waals surface area contributed by atoms with Gasteiger partial charge in [0.2, 0.25) is 17.7 Å². The van der Waals surface area contributed by atoms with E-state index in [-0.39, 0.29) is 42.5 Å². The molecule has 2 fully saturated rings. The number of hydrogen-bond donors (Lipinski definition) is 4. The molecular formula is C27H32Cl2N4O5S. The molecule has 2 aliphatic heterocycles. The summed E-state index contributed by atoms with van der Waals surface area (Å²) in [5.74, 6) is -2.05. The number of likely N-dealkylation sites (tertiary alicyclic amines) is 1. The zero-order valence-electron chi connectivity index (χ0n) is 21.4. The second kappa shape index (κ2) is 13.6. The highest BCUT2D eigenvalue weighted by Crippen LogP contribution is 2.37. The van der Waals surface area contributed by atoms with Gasteiger partial charge in [-0.2, -0.15) is 0 Å². The Balaban J connectivity index is 1.27. The molecule has 9 nitrogen and oxygen atoms in total. The first-order chi connectivity index (χ1) is 18.7. The number of hydrogen-bond acceptors (Lipinski definition) is 6. The van der Waals surface area contributed by atoms with Gasteiger partial charge in [-0.1, -0.05) is 23.2 Å². The van der Waals surface area contributed by atoms with E-state index >= 15 is 0 Å². The second-order valence-corrected chi connectivity index (χ2v) is 11.6. The van der Waals surface area contributed by atoms with E-state index in [4.69, 9.17) is 23.2 Å². The van der Waals surface area contributed by atoms with Gasteiger partial charge in [-0.25, -0.2) is 0 Å². The van der Waals surface area contributed by atoms with Crippen LogP contribution in [0.5, 0.6) is 0 Å². The molecule has 0 spiro atoms. The fourth-order valence-electron chi connectivity index (χ4n) is 4.97. The number of aliphatic carboxylic acids is 1. The first-order valence-corrected chi connectivity index (χ1v) is 14.7. The van der Waals surface area contributed by atoms with Gasteiger partial charge in [0, 0.05) is 37.5 Å². The minimum atomic E-state index is -1.05. The van der Waals surface area contributed by atoms with Gasteiger partial charge >= 0.3 is 5.97 Å². The fraction of sp³-hybridized carbons (Fsp3) is 0.481. The fourth-order valence-corrected chi connectivity index (χ4v) is 6.41. The number of carbonyl (C=O) groups is 4. The summed E-state index contributed by atoms with van der Waals surface area (Å²) < 4.78 is 0.903. The number of rotatable bonds is 9. The molecule has 2 aromatic rings. The number of nitrogens with one attached hydrogen (secondary N) is 3. The van der Waals surface area contributed by atoms with E-state index < -0.39 is 12.0 Å². The van der Waals surface area contributed by atoms with Crippen molar-refractivity contribution in [2.45, 2.75) is 38.1 Å². The van der Waals surface area contributed by atoms with Crippen LogP contribution in [-0.2, 0) is 19.2 Å². The van der Waals surface area contributed by atoms with Crippen molar-refractivity contribution in [1.29, 1.82) is 0 Å². The minimum Gasteiger partial charge on any atom is -0.481 e. The highest BCUT2D eigenvalue weighted by Gasteiger charge is 2.29. The first-order valence-electron chi connectivity index (χ1n) is 13.1. The molecule has 12 heteroatoms. The number of carbonyl (C=O) groups excluding carboxylic acids is 3. The van der Waals surface area contributed by atoms with E-state index in [9.17, 15) is 24.3 Å². The summed E-state index contributed by atoms with van der Waals surface area (Å²) >= 11 is 14.3. The molecule has 2 saturated heterocycles. The van der Waals surface area contributed by atoms with Crippen LogP contribution >= 0.6 is 34.5 Å². The number of benzene rings is 1. The Hall–Kier alpha value is -2.66. The Labute approximate surface area is 240 Å². The molecule has 1 atom stereocenters. The maximum absolute atomic E-state index is 12.9. The van der Waals surface area contributed by atoms with Gasteiger partial charge < -0.3 is 26.0 Å². The average Bonchev–Trinajstić information content (AvgIpc) is 3.41. The predicted molar refractivity (Wildman–Crippen MR) is 153 cm³/mol. The summed E-state index contributed by atoms with van der Waals surface area (Å²) in [4.78, 5) is 51.2. The third-order valence-corrected chi connectivity index (χ3v) is 9.18. The molecular weight excluding hydrogens is 563 g/mol. The Bertz CT molecular complexity index is 1250. The summed E-state index contributed by atoms with van der Waals surface area (Å²) in [6.45, 7) is 2.41. The van der Waals surface area contributed by atoms with Crippen LogP contribution in [0.3, 0.4) is 0 Å². The third kappa shape index (κ3) is 7.72. The molecule has 4 N–H and O–H groups in total. The molecule has 0 saturated carbocycles. The van der Waals surface area contributed by atoms with Crippen molar-refractivity contribution in [1.82, 2.24) is 20.9 Å². The summed E-state index contributed by atoms with van der Waals surface area (Å²) in [5, 5.41) is 21.9. The van der Waals surface area contributed by atoms with Crippen LogP contribution in [0.4, 0.5) is 0 Å².